The molecule has 21 heavy (non-hydrogen) atoms. The molecule has 0 aliphatic carbocycles. The van der Waals surface area contributed by atoms with Crippen molar-refractivity contribution in [3.05, 3.63) is 33.2 Å². The van der Waals surface area contributed by atoms with Gasteiger partial charge in [-0.3, -0.25) is 9.78 Å². The lowest BCUT2D eigenvalue weighted by molar-refractivity contribution is 0.0954. The van der Waals surface area contributed by atoms with Crippen LogP contribution in [0.15, 0.2) is 38.0 Å². The van der Waals surface area contributed by atoms with E-state index in [0.29, 0.717) is 5.56 Å². The molecular formula is C12H9N3OS5. The molecule has 3 heterocycles. The minimum absolute atomic E-state index is 0.213. The number of pyridine rings is 1. The molecule has 0 aromatic carbocycles. The molecule has 9 heteroatoms. The molecule has 0 atom stereocenters. The zero-order valence-corrected chi connectivity index (χ0v) is 14.7. The van der Waals surface area contributed by atoms with Gasteiger partial charge in [0.25, 0.3) is 5.91 Å². The molecule has 0 spiro atoms. The van der Waals surface area contributed by atoms with Crippen molar-refractivity contribution in [3.63, 3.8) is 0 Å². The molecule has 1 amide bonds. The third-order valence-electron chi connectivity index (χ3n) is 2.52. The summed E-state index contributed by atoms with van der Waals surface area (Å²) in [5, 5.41) is 4.24. The van der Waals surface area contributed by atoms with Crippen LogP contribution in [-0.2, 0) is 0 Å². The Kier molecular flexibility index (Phi) is 5.07. The number of carbonyl (C=O) groups is 1. The van der Waals surface area contributed by atoms with E-state index in [2.05, 4.69) is 15.5 Å². The van der Waals surface area contributed by atoms with E-state index in [1.54, 1.807) is 70.7 Å². The molecule has 0 unspecified atom stereocenters. The van der Waals surface area contributed by atoms with Crippen molar-refractivity contribution in [2.24, 2.45) is 5.10 Å². The van der Waals surface area contributed by atoms with Gasteiger partial charge < -0.3 is 0 Å². The number of rotatable bonds is 2. The number of fused-ring (bicyclic) bond motifs is 1. The zero-order valence-electron chi connectivity index (χ0n) is 10.6. The molecule has 4 nitrogen and oxygen atoms in total. The summed E-state index contributed by atoms with van der Waals surface area (Å²) in [5.41, 5.74) is 4.13. The van der Waals surface area contributed by atoms with E-state index in [1.807, 2.05) is 0 Å². The van der Waals surface area contributed by atoms with Crippen LogP contribution in [0.5, 0.6) is 0 Å². The molecular weight excluding hydrogens is 362 g/mol. The van der Waals surface area contributed by atoms with Crippen molar-refractivity contribution in [3.8, 4) is 0 Å². The fraction of sp³-hybridized carbons (Fsp3) is 0.167. The summed E-state index contributed by atoms with van der Waals surface area (Å²) in [6.45, 7) is 0. The first-order valence-corrected chi connectivity index (χ1v) is 9.89. The maximum absolute atomic E-state index is 11.9. The SMILES string of the molecule is O=C(NN=C1CSc2sc(=S)sc2SC1)c1ccncc1. The number of hydrogen-bond acceptors (Lipinski definition) is 8. The van der Waals surface area contributed by atoms with E-state index in [-0.39, 0.29) is 5.91 Å². The highest BCUT2D eigenvalue weighted by molar-refractivity contribution is 8.07. The van der Waals surface area contributed by atoms with Crippen molar-refractivity contribution in [1.29, 1.82) is 0 Å². The first kappa shape index (κ1) is 15.2. The van der Waals surface area contributed by atoms with E-state index in [4.69, 9.17) is 12.2 Å². The van der Waals surface area contributed by atoms with Crippen LogP contribution in [0.4, 0.5) is 0 Å². The Labute approximate surface area is 143 Å². The fourth-order valence-corrected chi connectivity index (χ4v) is 7.63. The number of thioether (sulfide) groups is 2. The normalized spacial score (nSPS) is 14.2. The van der Waals surface area contributed by atoms with Gasteiger partial charge >= 0.3 is 0 Å². The monoisotopic (exact) mass is 371 g/mol. The number of nitrogens with zero attached hydrogens (tertiary/aromatic N) is 2. The highest BCUT2D eigenvalue weighted by atomic mass is 32.2. The van der Waals surface area contributed by atoms with Gasteiger partial charge in [-0.05, 0) is 12.1 Å². The highest BCUT2D eigenvalue weighted by Gasteiger charge is 2.16. The maximum atomic E-state index is 11.9. The molecule has 2 aromatic heterocycles. The average Bonchev–Trinajstić information content (AvgIpc) is 2.76. The van der Waals surface area contributed by atoms with Crippen LogP contribution in [0.25, 0.3) is 0 Å². The molecule has 1 aliphatic rings. The van der Waals surface area contributed by atoms with Crippen LogP contribution in [-0.4, -0.2) is 28.1 Å². The number of carbonyl (C=O) groups excluding carboxylic acids is 1. The topological polar surface area (TPSA) is 54.4 Å². The molecule has 1 aliphatic heterocycles. The minimum atomic E-state index is -0.213. The number of hydrogen-bond donors (Lipinski definition) is 1. The van der Waals surface area contributed by atoms with Gasteiger partial charge in [-0.25, -0.2) is 5.43 Å². The lowest BCUT2D eigenvalue weighted by atomic mass is 10.3. The van der Waals surface area contributed by atoms with Crippen molar-refractivity contribution in [2.45, 2.75) is 8.42 Å². The predicted molar refractivity (Wildman–Crippen MR) is 93.6 cm³/mol. The van der Waals surface area contributed by atoms with Crippen LogP contribution in [0.3, 0.4) is 0 Å². The molecule has 0 fully saturated rings. The zero-order chi connectivity index (χ0) is 14.7. The molecule has 1 N–H and O–H groups in total. The van der Waals surface area contributed by atoms with Crippen molar-refractivity contribution < 1.29 is 4.79 Å². The average molecular weight is 372 g/mol. The summed E-state index contributed by atoms with van der Waals surface area (Å²) in [7, 11) is 0. The van der Waals surface area contributed by atoms with E-state index in [1.165, 1.54) is 8.42 Å². The second-order valence-corrected chi connectivity index (χ2v) is 9.67. The summed E-state index contributed by atoms with van der Waals surface area (Å²) in [4.78, 5) is 15.8. The molecule has 0 bridgehead atoms. The summed E-state index contributed by atoms with van der Waals surface area (Å²) in [6, 6.07) is 3.33. The lowest BCUT2D eigenvalue weighted by Gasteiger charge is -2.03. The van der Waals surface area contributed by atoms with Crippen LogP contribution in [0, 0.1) is 3.14 Å². The molecule has 3 rings (SSSR count). The van der Waals surface area contributed by atoms with Crippen LogP contribution in [0.1, 0.15) is 10.4 Å². The Hall–Kier alpha value is -0.740. The molecule has 108 valence electrons. The van der Waals surface area contributed by atoms with E-state index < -0.39 is 0 Å². The van der Waals surface area contributed by atoms with Crippen molar-refractivity contribution in [2.75, 3.05) is 11.5 Å². The van der Waals surface area contributed by atoms with Gasteiger partial charge in [-0.2, -0.15) is 5.10 Å². The summed E-state index contributed by atoms with van der Waals surface area (Å²) < 4.78 is 3.49. The molecule has 0 saturated carbocycles. The third-order valence-corrected chi connectivity index (χ3v) is 8.24. The van der Waals surface area contributed by atoms with Crippen molar-refractivity contribution >= 4 is 70.0 Å². The largest absolute Gasteiger partial charge is 0.271 e. The van der Waals surface area contributed by atoms with Gasteiger partial charge in [0.05, 0.1) is 14.1 Å². The van der Waals surface area contributed by atoms with Gasteiger partial charge in [-0.1, -0.05) is 12.2 Å². The maximum Gasteiger partial charge on any atom is 0.271 e. The standard InChI is InChI=1S/C12H9N3OS5/c16-9(7-1-3-13-4-2-7)15-14-8-5-18-10-11(19-6-8)21-12(17)20-10/h1-4H,5-6H2,(H,15,16). The van der Waals surface area contributed by atoms with Gasteiger partial charge in [0, 0.05) is 29.5 Å². The third kappa shape index (κ3) is 3.92. The summed E-state index contributed by atoms with van der Waals surface area (Å²) in [5.74, 6) is 1.34. The van der Waals surface area contributed by atoms with E-state index in [9.17, 15) is 4.79 Å². The van der Waals surface area contributed by atoms with Crippen LogP contribution >= 0.6 is 58.4 Å². The molecule has 0 radical (unpaired) electrons. The van der Waals surface area contributed by atoms with Gasteiger partial charge in [-0.15, -0.1) is 46.2 Å². The number of nitrogens with one attached hydrogen (secondary N) is 1. The first-order valence-electron chi connectivity index (χ1n) is 5.88. The first-order chi connectivity index (χ1) is 10.2. The Morgan fingerprint density at radius 1 is 1.19 bits per heavy atom. The number of hydrazone groups is 1. The van der Waals surface area contributed by atoms with Crippen LogP contribution in [0.2, 0.25) is 0 Å². The second kappa shape index (κ2) is 7.01. The highest BCUT2D eigenvalue weighted by Crippen LogP contribution is 2.42. The minimum Gasteiger partial charge on any atom is -0.267 e. The lowest BCUT2D eigenvalue weighted by Crippen LogP contribution is -2.21. The predicted octanol–water partition coefficient (Wildman–Crippen LogP) is 3.92. The Balaban J connectivity index is 1.64. The Morgan fingerprint density at radius 3 is 2.43 bits per heavy atom. The Morgan fingerprint density at radius 2 is 1.81 bits per heavy atom. The van der Waals surface area contributed by atoms with E-state index in [0.717, 1.165) is 20.4 Å². The van der Waals surface area contributed by atoms with E-state index >= 15 is 0 Å². The van der Waals surface area contributed by atoms with Crippen molar-refractivity contribution in [1.82, 2.24) is 10.4 Å². The summed E-state index contributed by atoms with van der Waals surface area (Å²) in [6.07, 6.45) is 3.18. The quantitative estimate of drug-likeness (QED) is 0.640. The van der Waals surface area contributed by atoms with Gasteiger partial charge in [0.15, 0.2) is 0 Å². The second-order valence-electron chi connectivity index (χ2n) is 3.96. The van der Waals surface area contributed by atoms with Gasteiger partial charge in [0.1, 0.15) is 3.14 Å². The fourth-order valence-electron chi connectivity index (χ4n) is 1.53. The molecule has 2 aromatic rings. The molecule has 0 saturated heterocycles. The van der Waals surface area contributed by atoms with Gasteiger partial charge in [0.2, 0.25) is 0 Å². The van der Waals surface area contributed by atoms with Crippen LogP contribution < -0.4 is 5.43 Å². The smallest absolute Gasteiger partial charge is 0.267 e. The number of amides is 1. The summed E-state index contributed by atoms with van der Waals surface area (Å²) >= 11 is 12.0. The Bertz CT molecular complexity index is 706. The number of aromatic nitrogens is 1.